The number of carbonyl (C=O) groups excluding carboxylic acids is 2. The minimum atomic E-state index is -3.05. The average molecular weight is 370 g/mol. The Kier molecular flexibility index (Phi) is 5.48. The number of esters is 1. The summed E-state index contributed by atoms with van der Waals surface area (Å²) in [5.74, 6) is -3.54. The van der Waals surface area contributed by atoms with Crippen molar-refractivity contribution >= 4 is 11.9 Å². The number of ether oxygens (including phenoxy) is 1. The molecule has 1 amide bonds. The number of hydrogen-bond acceptors (Lipinski definition) is 6. The summed E-state index contributed by atoms with van der Waals surface area (Å²) in [6.45, 7) is 1.50. The van der Waals surface area contributed by atoms with Crippen molar-refractivity contribution < 1.29 is 28.0 Å². The van der Waals surface area contributed by atoms with E-state index in [1.54, 1.807) is 0 Å². The van der Waals surface area contributed by atoms with E-state index in [1.807, 2.05) is 0 Å². The fourth-order valence-electron chi connectivity index (χ4n) is 2.55. The molecule has 0 bridgehead atoms. The number of nitrogens with one attached hydrogen (secondary N) is 1. The van der Waals surface area contributed by atoms with Gasteiger partial charge in [-0.3, -0.25) is 29.7 Å². The lowest BCUT2D eigenvalue weighted by atomic mass is 9.88. The first-order valence-electron chi connectivity index (χ1n) is 7.54. The highest BCUT2D eigenvalue weighted by Gasteiger charge is 2.54. The van der Waals surface area contributed by atoms with Crippen LogP contribution < -0.4 is 5.32 Å². The number of nitro groups is 1. The first-order valence-corrected chi connectivity index (χ1v) is 7.54. The molecule has 0 spiro atoms. The predicted molar refractivity (Wildman–Crippen MR) is 83.8 cm³/mol. The van der Waals surface area contributed by atoms with Crippen LogP contribution in [0, 0.1) is 16.0 Å². The van der Waals surface area contributed by atoms with E-state index in [-0.39, 0.29) is 6.61 Å². The first kappa shape index (κ1) is 19.2. The van der Waals surface area contributed by atoms with Crippen molar-refractivity contribution in [1.29, 1.82) is 0 Å². The number of aromatic nitrogens is 2. The quantitative estimate of drug-likeness (QED) is 0.350. The number of rotatable bonds is 6. The standard InChI is InChI=1S/C15H16F2N4O5/c1-3-26-14(23)10-6-4-5-7-15(10,21(24)25)18-13(22)9-8-20(2)19-11(9)12(16)17/h4-8,10,12H,3H2,1-2H3,(H,18,22). The minimum absolute atomic E-state index is 0.0211. The second kappa shape index (κ2) is 7.42. The van der Waals surface area contributed by atoms with Gasteiger partial charge in [-0.05, 0) is 6.92 Å². The second-order valence-electron chi connectivity index (χ2n) is 5.41. The van der Waals surface area contributed by atoms with Crippen molar-refractivity contribution in [1.82, 2.24) is 15.1 Å². The molecule has 0 saturated heterocycles. The average Bonchev–Trinajstić information content (AvgIpc) is 2.97. The lowest BCUT2D eigenvalue weighted by Crippen LogP contribution is -2.60. The molecule has 0 saturated carbocycles. The van der Waals surface area contributed by atoms with E-state index in [0.29, 0.717) is 0 Å². The van der Waals surface area contributed by atoms with Crippen LogP contribution in [0.5, 0.6) is 0 Å². The van der Waals surface area contributed by atoms with Crippen LogP contribution in [0.2, 0.25) is 0 Å². The Balaban J connectivity index is 2.42. The normalized spacial score (nSPS) is 21.7. The zero-order valence-corrected chi connectivity index (χ0v) is 13.9. The molecule has 11 heteroatoms. The van der Waals surface area contributed by atoms with Gasteiger partial charge in [0.15, 0.2) is 5.92 Å². The van der Waals surface area contributed by atoms with Gasteiger partial charge in [-0.15, -0.1) is 0 Å². The van der Waals surface area contributed by atoms with Crippen LogP contribution >= 0.6 is 0 Å². The molecule has 1 aromatic heterocycles. The number of allylic oxidation sites excluding steroid dienone is 2. The van der Waals surface area contributed by atoms with E-state index >= 15 is 0 Å². The maximum Gasteiger partial charge on any atom is 0.332 e. The predicted octanol–water partition coefficient (Wildman–Crippen LogP) is 1.37. The number of aryl methyl sites for hydroxylation is 1. The Labute approximate surface area is 146 Å². The van der Waals surface area contributed by atoms with Gasteiger partial charge in [0.25, 0.3) is 12.3 Å². The highest BCUT2D eigenvalue weighted by Crippen LogP contribution is 2.28. The molecular weight excluding hydrogens is 354 g/mol. The van der Waals surface area contributed by atoms with Gasteiger partial charge in [-0.25, -0.2) is 8.78 Å². The number of hydrogen-bond donors (Lipinski definition) is 1. The van der Waals surface area contributed by atoms with Crippen molar-refractivity contribution in [2.45, 2.75) is 19.0 Å². The Morgan fingerprint density at radius 1 is 1.50 bits per heavy atom. The number of amides is 1. The van der Waals surface area contributed by atoms with Crippen LogP contribution in [0.15, 0.2) is 30.5 Å². The van der Waals surface area contributed by atoms with Gasteiger partial charge in [0.2, 0.25) is 0 Å². The smallest absolute Gasteiger partial charge is 0.332 e. The maximum absolute atomic E-state index is 13.1. The van der Waals surface area contributed by atoms with E-state index < -0.39 is 46.1 Å². The van der Waals surface area contributed by atoms with Crippen LogP contribution in [-0.4, -0.2) is 38.9 Å². The molecule has 1 aliphatic rings. The minimum Gasteiger partial charge on any atom is -0.465 e. The largest absolute Gasteiger partial charge is 0.465 e. The molecule has 1 aliphatic carbocycles. The summed E-state index contributed by atoms with van der Waals surface area (Å²) in [6.07, 6.45) is 2.85. The first-order chi connectivity index (χ1) is 12.2. The van der Waals surface area contributed by atoms with Gasteiger partial charge in [-0.2, -0.15) is 5.10 Å². The molecule has 1 aromatic rings. The lowest BCUT2D eigenvalue weighted by Gasteiger charge is -2.29. The topological polar surface area (TPSA) is 116 Å². The Bertz CT molecular complexity index is 789. The molecule has 0 radical (unpaired) electrons. The molecule has 1 heterocycles. The Hall–Kier alpha value is -3.11. The Morgan fingerprint density at radius 2 is 2.19 bits per heavy atom. The monoisotopic (exact) mass is 370 g/mol. The van der Waals surface area contributed by atoms with Gasteiger partial charge in [0, 0.05) is 19.3 Å². The van der Waals surface area contributed by atoms with Crippen LogP contribution in [-0.2, 0) is 16.6 Å². The molecule has 0 aliphatic heterocycles. The van der Waals surface area contributed by atoms with Gasteiger partial charge in [0.05, 0.1) is 17.1 Å². The van der Waals surface area contributed by atoms with E-state index in [0.717, 1.165) is 17.0 Å². The van der Waals surface area contributed by atoms with Crippen molar-refractivity contribution in [3.63, 3.8) is 0 Å². The highest BCUT2D eigenvalue weighted by atomic mass is 19.3. The molecule has 26 heavy (non-hydrogen) atoms. The van der Waals surface area contributed by atoms with Crippen LogP contribution in [0.3, 0.4) is 0 Å². The van der Waals surface area contributed by atoms with Gasteiger partial charge < -0.3 is 4.74 Å². The summed E-state index contributed by atoms with van der Waals surface area (Å²) in [6, 6.07) is 0. The third kappa shape index (κ3) is 3.46. The number of nitrogens with zero attached hydrogens (tertiary/aromatic N) is 3. The van der Waals surface area contributed by atoms with E-state index in [4.69, 9.17) is 4.74 Å². The van der Waals surface area contributed by atoms with E-state index in [1.165, 1.54) is 32.2 Å². The molecule has 0 fully saturated rings. The SMILES string of the molecule is CCOC(=O)C1C=CC=CC1(NC(=O)c1cn(C)nc1C(F)F)[N+](=O)[O-]. The zero-order valence-electron chi connectivity index (χ0n) is 13.9. The second-order valence-corrected chi connectivity index (χ2v) is 5.41. The maximum atomic E-state index is 13.1. The summed E-state index contributed by atoms with van der Waals surface area (Å²) in [5, 5.41) is 17.3. The molecule has 2 atom stereocenters. The van der Waals surface area contributed by atoms with Gasteiger partial charge in [-0.1, -0.05) is 18.2 Å². The molecule has 0 aromatic carbocycles. The van der Waals surface area contributed by atoms with Crippen molar-refractivity contribution in [3.05, 3.63) is 51.9 Å². The van der Waals surface area contributed by atoms with Crippen molar-refractivity contribution in [2.24, 2.45) is 13.0 Å². The number of halogens is 2. The third-order valence-electron chi connectivity index (χ3n) is 3.70. The molecular formula is C15H16F2N4O5. The van der Waals surface area contributed by atoms with Crippen molar-refractivity contribution in [3.8, 4) is 0 Å². The van der Waals surface area contributed by atoms with Crippen LogP contribution in [0.25, 0.3) is 0 Å². The van der Waals surface area contributed by atoms with E-state index in [9.17, 15) is 28.5 Å². The molecule has 1 N–H and O–H groups in total. The summed E-state index contributed by atoms with van der Waals surface area (Å²) in [4.78, 5) is 35.4. The fraction of sp³-hybridized carbons (Fsp3) is 0.400. The molecule has 2 rings (SSSR count). The van der Waals surface area contributed by atoms with Crippen molar-refractivity contribution in [2.75, 3.05) is 6.61 Å². The summed E-state index contributed by atoms with van der Waals surface area (Å²) < 4.78 is 31.9. The van der Waals surface area contributed by atoms with Crippen LogP contribution in [0.4, 0.5) is 8.78 Å². The number of carbonyl (C=O) groups is 2. The third-order valence-corrected chi connectivity index (χ3v) is 3.70. The van der Waals surface area contributed by atoms with Crippen LogP contribution in [0.1, 0.15) is 29.4 Å². The van der Waals surface area contributed by atoms with E-state index in [2.05, 4.69) is 10.4 Å². The Morgan fingerprint density at radius 3 is 2.77 bits per heavy atom. The summed E-state index contributed by atoms with van der Waals surface area (Å²) >= 11 is 0. The number of alkyl halides is 2. The zero-order chi connectivity index (χ0) is 19.5. The van der Waals surface area contributed by atoms with Gasteiger partial charge >= 0.3 is 11.6 Å². The lowest BCUT2D eigenvalue weighted by molar-refractivity contribution is -0.566. The summed E-state index contributed by atoms with van der Waals surface area (Å²) in [7, 11) is 1.33. The van der Waals surface area contributed by atoms with Gasteiger partial charge in [0.1, 0.15) is 5.69 Å². The highest BCUT2D eigenvalue weighted by molar-refractivity contribution is 5.96. The molecule has 9 nitrogen and oxygen atoms in total. The fourth-order valence-corrected chi connectivity index (χ4v) is 2.55. The summed E-state index contributed by atoms with van der Waals surface area (Å²) in [5.41, 5.74) is -3.70. The molecule has 140 valence electrons. The molecule has 2 unspecified atom stereocenters.